The Morgan fingerprint density at radius 2 is 1.82 bits per heavy atom. The molecule has 0 spiro atoms. The van der Waals surface area contributed by atoms with E-state index in [1.165, 1.54) is 16.9 Å². The van der Waals surface area contributed by atoms with Crippen molar-refractivity contribution < 1.29 is 19.1 Å². The zero-order chi connectivity index (χ0) is 23.2. The van der Waals surface area contributed by atoms with E-state index in [0.29, 0.717) is 26.3 Å². The van der Waals surface area contributed by atoms with Crippen LogP contribution in [0.25, 0.3) is 10.6 Å². The Bertz CT molecular complexity index is 1110. The van der Waals surface area contributed by atoms with Crippen molar-refractivity contribution in [3.8, 4) is 10.6 Å². The second-order valence-electron chi connectivity index (χ2n) is 7.65. The SMILES string of the molecule is Cc1nc(-c2ccc(Cl)cc2)sc1C(=O)OCC(=O)Nc1ccc(CN2CCOCC2)cc1. The lowest BCUT2D eigenvalue weighted by Gasteiger charge is -2.26. The van der Waals surface area contributed by atoms with Crippen LogP contribution in [0.1, 0.15) is 20.9 Å². The van der Waals surface area contributed by atoms with Crippen LogP contribution in [0.3, 0.4) is 0 Å². The van der Waals surface area contributed by atoms with Crippen LogP contribution in [-0.2, 0) is 20.8 Å². The molecule has 0 atom stereocenters. The fourth-order valence-corrected chi connectivity index (χ4v) is 4.50. The Balaban J connectivity index is 1.28. The summed E-state index contributed by atoms with van der Waals surface area (Å²) in [6.07, 6.45) is 0. The van der Waals surface area contributed by atoms with Crippen molar-refractivity contribution in [2.75, 3.05) is 38.2 Å². The maximum atomic E-state index is 12.5. The van der Waals surface area contributed by atoms with Crippen LogP contribution in [0, 0.1) is 6.92 Å². The molecule has 1 aromatic heterocycles. The summed E-state index contributed by atoms with van der Waals surface area (Å²) in [7, 11) is 0. The highest BCUT2D eigenvalue weighted by molar-refractivity contribution is 7.17. The molecule has 2 aromatic carbocycles. The minimum Gasteiger partial charge on any atom is -0.451 e. The standard InChI is InChI=1S/C24H24ClN3O4S/c1-16-22(33-23(26-16)18-4-6-19(25)7-5-18)24(30)32-15-21(29)27-20-8-2-17(3-9-20)14-28-10-12-31-13-11-28/h2-9H,10-15H2,1H3,(H,27,29). The van der Waals surface area contributed by atoms with E-state index in [9.17, 15) is 9.59 Å². The molecule has 9 heteroatoms. The summed E-state index contributed by atoms with van der Waals surface area (Å²) in [5.41, 5.74) is 3.24. The second-order valence-corrected chi connectivity index (χ2v) is 9.09. The Morgan fingerprint density at radius 1 is 1.12 bits per heavy atom. The van der Waals surface area contributed by atoms with Gasteiger partial charge in [-0.1, -0.05) is 35.9 Å². The molecular formula is C24H24ClN3O4S. The number of benzene rings is 2. The summed E-state index contributed by atoms with van der Waals surface area (Å²) < 4.78 is 10.6. The molecule has 172 valence electrons. The van der Waals surface area contributed by atoms with E-state index in [1.54, 1.807) is 19.1 Å². The molecule has 0 bridgehead atoms. The van der Waals surface area contributed by atoms with Crippen molar-refractivity contribution in [1.82, 2.24) is 9.88 Å². The number of rotatable bonds is 7. The van der Waals surface area contributed by atoms with Gasteiger partial charge < -0.3 is 14.8 Å². The van der Waals surface area contributed by atoms with E-state index >= 15 is 0 Å². The number of esters is 1. The smallest absolute Gasteiger partial charge is 0.350 e. The number of anilines is 1. The number of nitrogens with one attached hydrogen (secondary N) is 1. The molecule has 1 N–H and O–H groups in total. The van der Waals surface area contributed by atoms with Crippen molar-refractivity contribution in [3.05, 3.63) is 69.7 Å². The molecule has 4 rings (SSSR count). The summed E-state index contributed by atoms with van der Waals surface area (Å²) in [5.74, 6) is -0.967. The van der Waals surface area contributed by atoms with Crippen molar-refractivity contribution in [2.24, 2.45) is 0 Å². The molecule has 7 nitrogen and oxygen atoms in total. The highest BCUT2D eigenvalue weighted by Gasteiger charge is 2.19. The minimum absolute atomic E-state index is 0.373. The molecule has 1 aliphatic heterocycles. The van der Waals surface area contributed by atoms with Gasteiger partial charge >= 0.3 is 5.97 Å². The Kier molecular flexibility index (Phi) is 7.72. The van der Waals surface area contributed by atoms with Gasteiger partial charge in [0.25, 0.3) is 5.91 Å². The van der Waals surface area contributed by atoms with Gasteiger partial charge in [0.1, 0.15) is 9.88 Å². The average Bonchev–Trinajstić information content (AvgIpc) is 3.21. The first-order chi connectivity index (χ1) is 16.0. The molecule has 33 heavy (non-hydrogen) atoms. The highest BCUT2D eigenvalue weighted by atomic mass is 35.5. The van der Waals surface area contributed by atoms with E-state index in [1.807, 2.05) is 36.4 Å². The molecule has 1 amide bonds. The van der Waals surface area contributed by atoms with Gasteiger partial charge in [0.2, 0.25) is 0 Å². The van der Waals surface area contributed by atoms with Crippen molar-refractivity contribution >= 4 is 40.5 Å². The number of morpholine rings is 1. The van der Waals surface area contributed by atoms with E-state index in [4.69, 9.17) is 21.1 Å². The normalized spacial score (nSPS) is 14.1. The Hall–Kier alpha value is -2.78. The predicted molar refractivity (Wildman–Crippen MR) is 129 cm³/mol. The van der Waals surface area contributed by atoms with Gasteiger partial charge in [0, 0.05) is 35.9 Å². The molecule has 0 unspecified atom stereocenters. The first kappa shape index (κ1) is 23.4. The molecular weight excluding hydrogens is 462 g/mol. The molecule has 1 saturated heterocycles. The van der Waals surface area contributed by atoms with Crippen LogP contribution < -0.4 is 5.32 Å². The number of aryl methyl sites for hydroxylation is 1. The predicted octanol–water partition coefficient (Wildman–Crippen LogP) is 4.40. The Labute approximate surface area is 201 Å². The molecule has 1 aliphatic rings. The minimum atomic E-state index is -0.568. The zero-order valence-corrected chi connectivity index (χ0v) is 19.7. The van der Waals surface area contributed by atoms with Crippen LogP contribution in [-0.4, -0.2) is 54.7 Å². The summed E-state index contributed by atoms with van der Waals surface area (Å²) in [4.78, 5) is 31.9. The quantitative estimate of drug-likeness (QED) is 0.499. The maximum absolute atomic E-state index is 12.5. The number of ether oxygens (including phenoxy) is 2. The van der Waals surface area contributed by atoms with E-state index < -0.39 is 11.9 Å². The lowest BCUT2D eigenvalue weighted by molar-refractivity contribution is -0.119. The number of hydrogen-bond acceptors (Lipinski definition) is 7. The first-order valence-corrected chi connectivity index (χ1v) is 11.8. The molecule has 3 aromatic rings. The summed E-state index contributed by atoms with van der Waals surface area (Å²) in [6, 6.07) is 14.9. The summed E-state index contributed by atoms with van der Waals surface area (Å²) >= 11 is 7.15. The third-order valence-electron chi connectivity index (χ3n) is 5.16. The molecule has 2 heterocycles. The van der Waals surface area contributed by atoms with Crippen LogP contribution in [0.5, 0.6) is 0 Å². The molecule has 0 radical (unpaired) electrons. The first-order valence-electron chi connectivity index (χ1n) is 10.6. The van der Waals surface area contributed by atoms with Crippen LogP contribution in [0.2, 0.25) is 5.02 Å². The lowest BCUT2D eigenvalue weighted by Crippen LogP contribution is -2.35. The summed E-state index contributed by atoms with van der Waals surface area (Å²) in [5, 5.41) is 4.08. The number of thiazole rings is 1. The zero-order valence-electron chi connectivity index (χ0n) is 18.2. The van der Waals surface area contributed by atoms with Crippen molar-refractivity contribution in [3.63, 3.8) is 0 Å². The van der Waals surface area contributed by atoms with Crippen molar-refractivity contribution in [2.45, 2.75) is 13.5 Å². The molecule has 0 saturated carbocycles. The third-order valence-corrected chi connectivity index (χ3v) is 6.59. The maximum Gasteiger partial charge on any atom is 0.350 e. The van der Waals surface area contributed by atoms with Gasteiger partial charge in [-0.3, -0.25) is 9.69 Å². The number of nitrogens with zero attached hydrogens (tertiary/aromatic N) is 2. The van der Waals surface area contributed by atoms with E-state index in [-0.39, 0.29) is 6.61 Å². The van der Waals surface area contributed by atoms with Crippen molar-refractivity contribution in [1.29, 1.82) is 0 Å². The summed E-state index contributed by atoms with van der Waals surface area (Å²) in [6.45, 7) is 5.58. The van der Waals surface area contributed by atoms with E-state index in [0.717, 1.165) is 38.4 Å². The fourth-order valence-electron chi connectivity index (χ4n) is 3.41. The number of aromatic nitrogens is 1. The molecule has 1 fully saturated rings. The van der Waals surface area contributed by atoms with Gasteiger partial charge in [0.05, 0.1) is 18.9 Å². The van der Waals surface area contributed by atoms with Gasteiger partial charge in [-0.2, -0.15) is 0 Å². The van der Waals surface area contributed by atoms with Crippen LogP contribution >= 0.6 is 22.9 Å². The number of halogens is 1. The fraction of sp³-hybridized carbons (Fsp3) is 0.292. The van der Waals surface area contributed by atoms with Gasteiger partial charge in [-0.05, 0) is 36.8 Å². The number of hydrogen-bond donors (Lipinski definition) is 1. The highest BCUT2D eigenvalue weighted by Crippen LogP contribution is 2.29. The van der Waals surface area contributed by atoms with E-state index in [2.05, 4.69) is 15.2 Å². The van der Waals surface area contributed by atoms with Crippen LogP contribution in [0.4, 0.5) is 5.69 Å². The van der Waals surface area contributed by atoms with Crippen LogP contribution in [0.15, 0.2) is 48.5 Å². The topological polar surface area (TPSA) is 80.8 Å². The van der Waals surface area contributed by atoms with Gasteiger partial charge in [-0.25, -0.2) is 9.78 Å². The number of carbonyl (C=O) groups excluding carboxylic acids is 2. The molecule has 0 aliphatic carbocycles. The lowest BCUT2D eigenvalue weighted by atomic mass is 10.2. The van der Waals surface area contributed by atoms with Gasteiger partial charge in [-0.15, -0.1) is 11.3 Å². The third kappa shape index (κ3) is 6.39. The second kappa shape index (κ2) is 10.9. The Morgan fingerprint density at radius 3 is 2.52 bits per heavy atom. The largest absolute Gasteiger partial charge is 0.451 e. The van der Waals surface area contributed by atoms with Gasteiger partial charge in [0.15, 0.2) is 6.61 Å². The monoisotopic (exact) mass is 485 g/mol. The average molecular weight is 486 g/mol. The number of carbonyl (C=O) groups is 2. The number of amides is 1.